The molecule has 118 valence electrons. The summed E-state index contributed by atoms with van der Waals surface area (Å²) in [6, 6.07) is 6.40. The minimum absolute atomic E-state index is 0.155. The maximum absolute atomic E-state index is 6.44. The van der Waals surface area contributed by atoms with E-state index in [0.717, 1.165) is 37.5 Å². The van der Waals surface area contributed by atoms with Crippen molar-refractivity contribution >= 4 is 11.6 Å². The molecule has 0 aromatic heterocycles. The van der Waals surface area contributed by atoms with Crippen LogP contribution < -0.4 is 5.32 Å². The van der Waals surface area contributed by atoms with E-state index in [-0.39, 0.29) is 11.1 Å². The van der Waals surface area contributed by atoms with Gasteiger partial charge in [0.05, 0.1) is 0 Å². The third-order valence-corrected chi connectivity index (χ3v) is 5.52. The van der Waals surface area contributed by atoms with Gasteiger partial charge in [0.15, 0.2) is 0 Å². The van der Waals surface area contributed by atoms with Crippen molar-refractivity contribution in [2.45, 2.75) is 65.1 Å². The van der Waals surface area contributed by atoms with E-state index in [0.29, 0.717) is 0 Å². The fourth-order valence-electron chi connectivity index (χ4n) is 3.13. The third-order valence-electron chi connectivity index (χ3n) is 5.17. The van der Waals surface area contributed by atoms with E-state index in [4.69, 9.17) is 11.6 Å². The van der Waals surface area contributed by atoms with Crippen molar-refractivity contribution in [3.63, 3.8) is 0 Å². The van der Waals surface area contributed by atoms with Gasteiger partial charge in [0, 0.05) is 35.7 Å². The summed E-state index contributed by atoms with van der Waals surface area (Å²) in [5, 5.41) is 4.68. The number of hydrogen-bond donors (Lipinski definition) is 1. The van der Waals surface area contributed by atoms with Crippen LogP contribution in [0.1, 0.15) is 51.7 Å². The van der Waals surface area contributed by atoms with Gasteiger partial charge in [-0.3, -0.25) is 4.90 Å². The molecule has 0 aliphatic carbocycles. The van der Waals surface area contributed by atoms with Crippen LogP contribution in [-0.2, 0) is 6.54 Å². The lowest BCUT2D eigenvalue weighted by atomic mass is 9.84. The predicted octanol–water partition coefficient (Wildman–Crippen LogP) is 4.39. The number of benzene rings is 1. The predicted molar refractivity (Wildman–Crippen MR) is 92.0 cm³/mol. The standard InChI is InChI=1S/C18H29ClN2/c1-6-18(7-2)13-21(17(4,5)12-20-18)11-15-9-8-14(3)10-16(15)19/h8-10,20H,6-7,11-13H2,1-5H3. The van der Waals surface area contributed by atoms with Gasteiger partial charge in [0.25, 0.3) is 0 Å². The van der Waals surface area contributed by atoms with Gasteiger partial charge in [-0.2, -0.15) is 0 Å². The number of hydrogen-bond acceptors (Lipinski definition) is 2. The van der Waals surface area contributed by atoms with Crippen LogP contribution in [0.2, 0.25) is 5.02 Å². The summed E-state index contributed by atoms with van der Waals surface area (Å²) < 4.78 is 0. The van der Waals surface area contributed by atoms with E-state index in [1.165, 1.54) is 11.1 Å². The summed E-state index contributed by atoms with van der Waals surface area (Å²) in [6.45, 7) is 14.3. The zero-order valence-electron chi connectivity index (χ0n) is 14.1. The monoisotopic (exact) mass is 308 g/mol. The molecule has 0 amide bonds. The van der Waals surface area contributed by atoms with Crippen LogP contribution in [0.15, 0.2) is 18.2 Å². The minimum Gasteiger partial charge on any atom is -0.308 e. The largest absolute Gasteiger partial charge is 0.308 e. The number of rotatable bonds is 4. The normalized spacial score (nSPS) is 21.4. The van der Waals surface area contributed by atoms with E-state index < -0.39 is 0 Å². The number of aryl methyl sites for hydroxylation is 1. The summed E-state index contributed by atoms with van der Waals surface area (Å²) in [5.41, 5.74) is 2.85. The Morgan fingerprint density at radius 2 is 1.90 bits per heavy atom. The van der Waals surface area contributed by atoms with E-state index in [1.807, 2.05) is 0 Å². The molecule has 1 aliphatic rings. The van der Waals surface area contributed by atoms with E-state index >= 15 is 0 Å². The van der Waals surface area contributed by atoms with Crippen molar-refractivity contribution in [2.75, 3.05) is 13.1 Å². The Kier molecular flexibility index (Phi) is 5.02. The minimum atomic E-state index is 0.155. The van der Waals surface area contributed by atoms with Crippen LogP contribution in [-0.4, -0.2) is 29.1 Å². The molecule has 0 radical (unpaired) electrons. The lowest BCUT2D eigenvalue weighted by Crippen LogP contribution is -2.67. The van der Waals surface area contributed by atoms with E-state index in [1.54, 1.807) is 0 Å². The first-order valence-corrected chi connectivity index (χ1v) is 8.45. The smallest absolute Gasteiger partial charge is 0.0453 e. The van der Waals surface area contributed by atoms with Crippen molar-refractivity contribution in [1.82, 2.24) is 10.2 Å². The number of nitrogens with zero attached hydrogens (tertiary/aromatic N) is 1. The zero-order valence-corrected chi connectivity index (χ0v) is 14.8. The molecule has 21 heavy (non-hydrogen) atoms. The summed E-state index contributed by atoms with van der Waals surface area (Å²) in [5.74, 6) is 0. The lowest BCUT2D eigenvalue weighted by Gasteiger charge is -2.52. The molecule has 0 bridgehead atoms. The molecule has 0 atom stereocenters. The maximum Gasteiger partial charge on any atom is 0.0453 e. The topological polar surface area (TPSA) is 15.3 Å². The van der Waals surface area contributed by atoms with Crippen LogP contribution in [0, 0.1) is 6.92 Å². The van der Waals surface area contributed by atoms with Gasteiger partial charge in [0.1, 0.15) is 0 Å². The van der Waals surface area contributed by atoms with Gasteiger partial charge >= 0.3 is 0 Å². The molecule has 0 spiro atoms. The van der Waals surface area contributed by atoms with Crippen LogP contribution in [0.3, 0.4) is 0 Å². The Hall–Kier alpha value is -0.570. The summed E-state index contributed by atoms with van der Waals surface area (Å²) in [4.78, 5) is 2.59. The highest BCUT2D eigenvalue weighted by molar-refractivity contribution is 6.31. The zero-order chi connectivity index (χ0) is 15.7. The van der Waals surface area contributed by atoms with Gasteiger partial charge in [-0.25, -0.2) is 0 Å². The number of nitrogens with one attached hydrogen (secondary N) is 1. The van der Waals surface area contributed by atoms with Crippen LogP contribution in [0.25, 0.3) is 0 Å². The summed E-state index contributed by atoms with van der Waals surface area (Å²) in [7, 11) is 0. The van der Waals surface area contributed by atoms with Crippen LogP contribution >= 0.6 is 11.6 Å². The van der Waals surface area contributed by atoms with Crippen molar-refractivity contribution in [3.8, 4) is 0 Å². The second-order valence-electron chi connectivity index (χ2n) is 7.10. The highest BCUT2D eigenvalue weighted by Gasteiger charge is 2.40. The molecule has 1 N–H and O–H groups in total. The highest BCUT2D eigenvalue weighted by atomic mass is 35.5. The number of piperazine rings is 1. The average Bonchev–Trinajstić information content (AvgIpc) is 2.44. The Balaban J connectivity index is 2.22. The van der Waals surface area contributed by atoms with E-state index in [9.17, 15) is 0 Å². The quantitative estimate of drug-likeness (QED) is 0.887. The molecule has 2 rings (SSSR count). The highest BCUT2D eigenvalue weighted by Crippen LogP contribution is 2.31. The Morgan fingerprint density at radius 3 is 2.48 bits per heavy atom. The second kappa shape index (κ2) is 6.28. The first-order valence-electron chi connectivity index (χ1n) is 8.07. The fourth-order valence-corrected chi connectivity index (χ4v) is 3.43. The fraction of sp³-hybridized carbons (Fsp3) is 0.667. The molecule has 0 saturated carbocycles. The molecule has 3 heteroatoms. The van der Waals surface area contributed by atoms with Gasteiger partial charge in [-0.1, -0.05) is 37.6 Å². The molecule has 1 heterocycles. The molecule has 0 unspecified atom stereocenters. The molecular weight excluding hydrogens is 280 g/mol. The third kappa shape index (κ3) is 3.61. The molecule has 1 saturated heterocycles. The van der Waals surface area contributed by atoms with Gasteiger partial charge in [-0.15, -0.1) is 0 Å². The first kappa shape index (κ1) is 16.8. The number of halogens is 1. The Bertz CT molecular complexity index is 492. The van der Waals surface area contributed by atoms with Crippen molar-refractivity contribution in [2.24, 2.45) is 0 Å². The van der Waals surface area contributed by atoms with Gasteiger partial charge in [0.2, 0.25) is 0 Å². The van der Waals surface area contributed by atoms with Crippen molar-refractivity contribution in [1.29, 1.82) is 0 Å². The SMILES string of the molecule is CCC1(CC)CN(Cc2ccc(C)cc2Cl)C(C)(C)CN1. The molecule has 1 aromatic carbocycles. The molecule has 1 fully saturated rings. The Morgan fingerprint density at radius 1 is 1.24 bits per heavy atom. The molecule has 2 nitrogen and oxygen atoms in total. The Labute approximate surface area is 134 Å². The average molecular weight is 309 g/mol. The van der Waals surface area contributed by atoms with Gasteiger partial charge in [-0.05, 0) is 50.8 Å². The maximum atomic E-state index is 6.44. The summed E-state index contributed by atoms with van der Waals surface area (Å²) in [6.07, 6.45) is 2.33. The van der Waals surface area contributed by atoms with Crippen LogP contribution in [0.5, 0.6) is 0 Å². The molecule has 1 aliphatic heterocycles. The molecule has 1 aromatic rings. The van der Waals surface area contributed by atoms with Gasteiger partial charge < -0.3 is 5.32 Å². The lowest BCUT2D eigenvalue weighted by molar-refractivity contribution is 0.0162. The van der Waals surface area contributed by atoms with Crippen molar-refractivity contribution in [3.05, 3.63) is 34.3 Å². The molecular formula is C18H29ClN2. The first-order chi connectivity index (χ1) is 9.82. The van der Waals surface area contributed by atoms with E-state index in [2.05, 4.69) is 63.0 Å². The second-order valence-corrected chi connectivity index (χ2v) is 7.51. The summed E-state index contributed by atoms with van der Waals surface area (Å²) >= 11 is 6.44. The van der Waals surface area contributed by atoms with Crippen LogP contribution in [0.4, 0.5) is 0 Å². The van der Waals surface area contributed by atoms with Crippen molar-refractivity contribution < 1.29 is 0 Å².